The van der Waals surface area contributed by atoms with Crippen LogP contribution in [0.4, 0.5) is 11.4 Å². The second-order valence-corrected chi connectivity index (χ2v) is 6.77. The monoisotopic (exact) mass is 427 g/mol. The first kappa shape index (κ1) is 22.0. The van der Waals surface area contributed by atoms with Gasteiger partial charge in [0, 0.05) is 25.8 Å². The molecule has 0 aliphatic carbocycles. The zero-order chi connectivity index (χ0) is 19.2. The number of anilines is 2. The number of benzene rings is 1. The van der Waals surface area contributed by atoms with Crippen LogP contribution in [-0.4, -0.2) is 44.8 Å². The predicted octanol–water partition coefficient (Wildman–Crippen LogP) is 2.50. The Labute approximate surface area is 172 Å². The lowest BCUT2D eigenvalue weighted by molar-refractivity contribution is -0.118. The van der Waals surface area contributed by atoms with Crippen molar-refractivity contribution in [3.63, 3.8) is 0 Å². The number of hydrogen-bond donors (Lipinski definition) is 3. The molecular formula is C18H22ClN3O5S. The first-order valence-corrected chi connectivity index (χ1v) is 9.30. The molecule has 10 heteroatoms. The van der Waals surface area contributed by atoms with E-state index in [1.807, 2.05) is 5.38 Å². The largest absolute Gasteiger partial charge is 0.486 e. The maximum Gasteiger partial charge on any atom is 0.265 e. The SMILES string of the molecule is COC(CN)CC(=O)Nc1cc2c(cc1NC(=O)c1cccs1)OCCO2.Cl. The average Bonchev–Trinajstić information content (AvgIpc) is 3.21. The Morgan fingerprint density at radius 1 is 1.21 bits per heavy atom. The molecule has 3 rings (SSSR count). The number of thiophene rings is 1. The van der Waals surface area contributed by atoms with Crippen molar-refractivity contribution >= 4 is 46.9 Å². The molecule has 152 valence electrons. The van der Waals surface area contributed by atoms with Crippen molar-refractivity contribution in [3.8, 4) is 11.5 Å². The van der Waals surface area contributed by atoms with Crippen molar-refractivity contribution in [3.05, 3.63) is 34.5 Å². The summed E-state index contributed by atoms with van der Waals surface area (Å²) < 4.78 is 16.3. The van der Waals surface area contributed by atoms with Crippen molar-refractivity contribution < 1.29 is 23.8 Å². The molecule has 0 bridgehead atoms. The van der Waals surface area contributed by atoms with Gasteiger partial charge in [0.2, 0.25) is 5.91 Å². The molecule has 2 amide bonds. The third-order valence-corrected chi connectivity index (χ3v) is 4.83. The van der Waals surface area contributed by atoms with E-state index in [1.54, 1.807) is 24.3 Å². The maximum absolute atomic E-state index is 12.4. The van der Waals surface area contributed by atoms with Gasteiger partial charge in [0.1, 0.15) is 13.2 Å². The van der Waals surface area contributed by atoms with Crippen LogP contribution in [0.25, 0.3) is 0 Å². The number of halogens is 1. The summed E-state index contributed by atoms with van der Waals surface area (Å²) in [6, 6.07) is 6.80. The van der Waals surface area contributed by atoms with Gasteiger partial charge in [0.15, 0.2) is 11.5 Å². The minimum atomic E-state index is -0.383. The van der Waals surface area contributed by atoms with Crippen molar-refractivity contribution in [1.29, 1.82) is 0 Å². The number of hydrogen-bond acceptors (Lipinski definition) is 7. The molecule has 1 unspecified atom stereocenters. The summed E-state index contributed by atoms with van der Waals surface area (Å²) in [5.74, 6) is 0.467. The van der Waals surface area contributed by atoms with Gasteiger partial charge in [-0.2, -0.15) is 0 Å². The molecule has 8 nitrogen and oxygen atoms in total. The highest BCUT2D eigenvalue weighted by molar-refractivity contribution is 7.12. The molecule has 0 spiro atoms. The van der Waals surface area contributed by atoms with Crippen LogP contribution in [0.2, 0.25) is 0 Å². The highest BCUT2D eigenvalue weighted by atomic mass is 35.5. The molecule has 1 aliphatic heterocycles. The minimum absolute atomic E-state index is 0. The van der Waals surface area contributed by atoms with Crippen LogP contribution in [0.15, 0.2) is 29.6 Å². The number of nitrogens with two attached hydrogens (primary N) is 1. The summed E-state index contributed by atoms with van der Waals surface area (Å²) in [7, 11) is 1.50. The fourth-order valence-electron chi connectivity index (χ4n) is 2.56. The second-order valence-electron chi connectivity index (χ2n) is 5.82. The molecule has 1 aromatic carbocycles. The topological polar surface area (TPSA) is 112 Å². The number of carbonyl (C=O) groups excluding carboxylic acids is 2. The fourth-order valence-corrected chi connectivity index (χ4v) is 3.18. The van der Waals surface area contributed by atoms with Crippen molar-refractivity contribution in [1.82, 2.24) is 0 Å². The van der Waals surface area contributed by atoms with E-state index in [-0.39, 0.29) is 43.3 Å². The summed E-state index contributed by atoms with van der Waals surface area (Å²) in [4.78, 5) is 25.3. The lowest BCUT2D eigenvalue weighted by Crippen LogP contribution is -2.28. The van der Waals surface area contributed by atoms with E-state index in [9.17, 15) is 9.59 Å². The van der Waals surface area contributed by atoms with Crippen LogP contribution in [0.1, 0.15) is 16.1 Å². The summed E-state index contributed by atoms with van der Waals surface area (Å²) in [6.45, 7) is 1.07. The van der Waals surface area contributed by atoms with Gasteiger partial charge in [-0.25, -0.2) is 0 Å². The van der Waals surface area contributed by atoms with Gasteiger partial charge in [-0.1, -0.05) is 6.07 Å². The molecule has 2 heterocycles. The Morgan fingerprint density at radius 2 is 1.86 bits per heavy atom. The zero-order valence-electron chi connectivity index (χ0n) is 15.2. The van der Waals surface area contributed by atoms with E-state index in [2.05, 4.69) is 10.6 Å². The molecule has 4 N–H and O–H groups in total. The summed E-state index contributed by atoms with van der Waals surface area (Å²) in [6.07, 6.45) is -0.286. The summed E-state index contributed by atoms with van der Waals surface area (Å²) >= 11 is 1.33. The smallest absolute Gasteiger partial charge is 0.265 e. The van der Waals surface area contributed by atoms with Crippen LogP contribution >= 0.6 is 23.7 Å². The van der Waals surface area contributed by atoms with Gasteiger partial charge >= 0.3 is 0 Å². The molecule has 1 aliphatic rings. The fraction of sp³-hybridized carbons (Fsp3) is 0.333. The first-order valence-electron chi connectivity index (χ1n) is 8.42. The normalized spacial score (nSPS) is 13.2. The standard InChI is InChI=1S/C18H21N3O5S.ClH/c1-24-11(10-19)7-17(22)20-12-8-14-15(26-5-4-25-14)9-13(12)21-18(23)16-3-2-6-27-16;/h2-3,6,8-9,11H,4-5,7,10,19H2,1H3,(H,20,22)(H,21,23);1H. The van der Waals surface area contributed by atoms with Crippen LogP contribution in [0.3, 0.4) is 0 Å². The Hall–Kier alpha value is -2.33. The van der Waals surface area contributed by atoms with Gasteiger partial charge in [-0.05, 0) is 11.4 Å². The quantitative estimate of drug-likeness (QED) is 0.625. The average molecular weight is 428 g/mol. The highest BCUT2D eigenvalue weighted by Gasteiger charge is 2.20. The zero-order valence-corrected chi connectivity index (χ0v) is 16.9. The number of ether oxygens (including phenoxy) is 3. The van der Waals surface area contributed by atoms with Gasteiger partial charge in [-0.3, -0.25) is 9.59 Å². The molecule has 1 aromatic heterocycles. The second kappa shape index (κ2) is 10.3. The maximum atomic E-state index is 12.4. The van der Waals surface area contributed by atoms with E-state index in [4.69, 9.17) is 19.9 Å². The van der Waals surface area contributed by atoms with Crippen molar-refractivity contribution in [2.24, 2.45) is 5.73 Å². The van der Waals surface area contributed by atoms with Crippen LogP contribution < -0.4 is 25.8 Å². The van der Waals surface area contributed by atoms with Gasteiger partial charge < -0.3 is 30.6 Å². The molecule has 2 aromatic rings. The van der Waals surface area contributed by atoms with E-state index >= 15 is 0 Å². The molecule has 0 saturated carbocycles. The Balaban J connectivity index is 0.00000280. The first-order chi connectivity index (χ1) is 13.1. The molecule has 0 radical (unpaired) electrons. The van der Waals surface area contributed by atoms with E-state index in [0.29, 0.717) is 41.0 Å². The number of nitrogens with one attached hydrogen (secondary N) is 2. The van der Waals surface area contributed by atoms with Gasteiger partial charge in [0.05, 0.1) is 28.8 Å². The summed E-state index contributed by atoms with van der Waals surface area (Å²) in [5.41, 5.74) is 6.41. The summed E-state index contributed by atoms with van der Waals surface area (Å²) in [5, 5.41) is 7.42. The lowest BCUT2D eigenvalue weighted by atomic mass is 10.2. The molecule has 28 heavy (non-hydrogen) atoms. The van der Waals surface area contributed by atoms with Crippen LogP contribution in [-0.2, 0) is 9.53 Å². The Bertz CT molecular complexity index is 812. The molecular weight excluding hydrogens is 406 g/mol. The molecule has 0 saturated heterocycles. The Kier molecular flexibility index (Phi) is 8.06. The highest BCUT2D eigenvalue weighted by Crippen LogP contribution is 2.38. The van der Waals surface area contributed by atoms with E-state index in [0.717, 1.165) is 0 Å². The van der Waals surface area contributed by atoms with Gasteiger partial charge in [-0.15, -0.1) is 23.7 Å². The lowest BCUT2D eigenvalue weighted by Gasteiger charge is -2.22. The molecule has 1 atom stereocenters. The van der Waals surface area contributed by atoms with Crippen LogP contribution in [0, 0.1) is 0 Å². The number of carbonyl (C=O) groups is 2. The van der Waals surface area contributed by atoms with E-state index < -0.39 is 0 Å². The van der Waals surface area contributed by atoms with Gasteiger partial charge in [0.25, 0.3) is 5.91 Å². The van der Waals surface area contributed by atoms with E-state index in [1.165, 1.54) is 18.4 Å². The number of methoxy groups -OCH3 is 1. The number of amides is 2. The third kappa shape index (κ3) is 5.35. The third-order valence-electron chi connectivity index (χ3n) is 3.96. The Morgan fingerprint density at radius 3 is 2.39 bits per heavy atom. The van der Waals surface area contributed by atoms with Crippen molar-refractivity contribution in [2.45, 2.75) is 12.5 Å². The molecule has 0 fully saturated rings. The van der Waals surface area contributed by atoms with Crippen molar-refractivity contribution in [2.75, 3.05) is 37.5 Å². The van der Waals surface area contributed by atoms with Crippen LogP contribution in [0.5, 0.6) is 11.5 Å². The minimum Gasteiger partial charge on any atom is -0.486 e. The number of fused-ring (bicyclic) bond motifs is 1. The predicted molar refractivity (Wildman–Crippen MR) is 110 cm³/mol. The number of rotatable bonds is 7.